The maximum absolute atomic E-state index is 9.89. The molecule has 2 rings (SSSR count). The standard InChI is InChI=1S/C14H17NO4/c1-17-13-6-5-10(8-14(13)18-2)15-9-11(16)12-4-3-7-19-12/h3-8,11,15-16H,9H2,1-2H3. The summed E-state index contributed by atoms with van der Waals surface area (Å²) in [7, 11) is 3.17. The van der Waals surface area contributed by atoms with Crippen LogP contribution < -0.4 is 14.8 Å². The van der Waals surface area contributed by atoms with Crippen molar-refractivity contribution in [1.29, 1.82) is 0 Å². The largest absolute Gasteiger partial charge is 0.493 e. The van der Waals surface area contributed by atoms with Crippen molar-refractivity contribution in [3.8, 4) is 11.5 Å². The highest BCUT2D eigenvalue weighted by molar-refractivity contribution is 5.54. The molecule has 1 aromatic carbocycles. The zero-order chi connectivity index (χ0) is 13.7. The van der Waals surface area contributed by atoms with Gasteiger partial charge in [-0.1, -0.05) is 0 Å². The smallest absolute Gasteiger partial charge is 0.162 e. The summed E-state index contributed by atoms with van der Waals surface area (Å²) in [5, 5.41) is 13.0. The van der Waals surface area contributed by atoms with Gasteiger partial charge in [0.05, 0.1) is 20.5 Å². The number of aliphatic hydroxyl groups excluding tert-OH is 1. The molecule has 1 heterocycles. The van der Waals surface area contributed by atoms with Gasteiger partial charge in [-0.15, -0.1) is 0 Å². The Hall–Kier alpha value is -2.14. The minimum absolute atomic E-state index is 0.350. The number of hydrogen-bond donors (Lipinski definition) is 2. The lowest BCUT2D eigenvalue weighted by molar-refractivity contribution is 0.162. The summed E-state index contributed by atoms with van der Waals surface area (Å²) in [6.45, 7) is 0.350. The second-order valence-corrected chi connectivity index (χ2v) is 3.98. The normalized spacial score (nSPS) is 11.9. The molecule has 0 radical (unpaired) electrons. The summed E-state index contributed by atoms with van der Waals surface area (Å²) in [6, 6.07) is 8.96. The van der Waals surface area contributed by atoms with Crippen LogP contribution in [0.5, 0.6) is 11.5 Å². The van der Waals surface area contributed by atoms with E-state index in [1.807, 2.05) is 12.1 Å². The molecule has 102 valence electrons. The molecule has 19 heavy (non-hydrogen) atoms. The molecule has 0 saturated heterocycles. The predicted molar refractivity (Wildman–Crippen MR) is 71.7 cm³/mol. The van der Waals surface area contributed by atoms with Crippen LogP contribution in [0.15, 0.2) is 41.0 Å². The summed E-state index contributed by atoms with van der Waals surface area (Å²) >= 11 is 0. The molecule has 5 nitrogen and oxygen atoms in total. The number of hydrogen-bond acceptors (Lipinski definition) is 5. The lowest BCUT2D eigenvalue weighted by Crippen LogP contribution is -2.11. The van der Waals surface area contributed by atoms with Crippen molar-refractivity contribution >= 4 is 5.69 Å². The molecule has 2 N–H and O–H groups in total. The molecule has 5 heteroatoms. The van der Waals surface area contributed by atoms with Crippen molar-refractivity contribution in [3.05, 3.63) is 42.4 Å². The van der Waals surface area contributed by atoms with Crippen LogP contribution in [0.1, 0.15) is 11.9 Å². The Bertz CT molecular complexity index is 510. The maximum atomic E-state index is 9.89. The summed E-state index contributed by atoms with van der Waals surface area (Å²) in [5.74, 6) is 1.84. The third-order valence-corrected chi connectivity index (χ3v) is 2.75. The number of rotatable bonds is 6. The Balaban J connectivity index is 1.99. The van der Waals surface area contributed by atoms with E-state index in [0.717, 1.165) is 5.69 Å². The first kappa shape index (κ1) is 13.3. The van der Waals surface area contributed by atoms with E-state index in [-0.39, 0.29) is 0 Å². The van der Waals surface area contributed by atoms with Crippen LogP contribution in [-0.4, -0.2) is 25.9 Å². The number of methoxy groups -OCH3 is 2. The fourth-order valence-electron chi connectivity index (χ4n) is 1.74. The van der Waals surface area contributed by atoms with Gasteiger partial charge in [0.2, 0.25) is 0 Å². The van der Waals surface area contributed by atoms with Crippen LogP contribution in [-0.2, 0) is 0 Å². The lowest BCUT2D eigenvalue weighted by Gasteiger charge is -2.13. The number of aliphatic hydroxyl groups is 1. The Kier molecular flexibility index (Phi) is 4.30. The first-order valence-electron chi connectivity index (χ1n) is 5.92. The van der Waals surface area contributed by atoms with Crippen LogP contribution in [0.3, 0.4) is 0 Å². The van der Waals surface area contributed by atoms with Crippen molar-refractivity contribution in [3.63, 3.8) is 0 Å². The van der Waals surface area contributed by atoms with Crippen LogP contribution in [0.2, 0.25) is 0 Å². The third kappa shape index (κ3) is 3.20. The zero-order valence-electron chi connectivity index (χ0n) is 10.9. The highest BCUT2D eigenvalue weighted by Gasteiger charge is 2.10. The Morgan fingerprint density at radius 3 is 2.63 bits per heavy atom. The molecular formula is C14H17NO4. The summed E-state index contributed by atoms with van der Waals surface area (Å²) in [4.78, 5) is 0. The number of nitrogens with one attached hydrogen (secondary N) is 1. The molecule has 1 unspecified atom stereocenters. The topological polar surface area (TPSA) is 63.9 Å². The molecule has 0 amide bonds. The van der Waals surface area contributed by atoms with Gasteiger partial charge >= 0.3 is 0 Å². The van der Waals surface area contributed by atoms with E-state index in [0.29, 0.717) is 23.8 Å². The highest BCUT2D eigenvalue weighted by Crippen LogP contribution is 2.30. The van der Waals surface area contributed by atoms with Crippen molar-refractivity contribution < 1.29 is 19.0 Å². The second-order valence-electron chi connectivity index (χ2n) is 3.98. The number of benzene rings is 1. The summed E-state index contributed by atoms with van der Waals surface area (Å²) in [5.41, 5.74) is 0.836. The average molecular weight is 263 g/mol. The summed E-state index contributed by atoms with van der Waals surface area (Å²) in [6.07, 6.45) is 0.845. The Morgan fingerprint density at radius 2 is 2.00 bits per heavy atom. The second kappa shape index (κ2) is 6.15. The third-order valence-electron chi connectivity index (χ3n) is 2.75. The van der Waals surface area contributed by atoms with Crippen molar-refractivity contribution in [1.82, 2.24) is 0 Å². The van der Waals surface area contributed by atoms with Gasteiger partial charge in [-0.2, -0.15) is 0 Å². The van der Waals surface area contributed by atoms with E-state index >= 15 is 0 Å². The Labute approximate surface area is 111 Å². The molecule has 0 aliphatic rings. The average Bonchev–Trinajstić information content (AvgIpc) is 2.98. The van der Waals surface area contributed by atoms with Crippen LogP contribution in [0.4, 0.5) is 5.69 Å². The molecule has 0 spiro atoms. The number of anilines is 1. The predicted octanol–water partition coefficient (Wildman–Crippen LogP) is 2.44. The van der Waals surface area contributed by atoms with Gasteiger partial charge in [0.15, 0.2) is 11.5 Å². The van der Waals surface area contributed by atoms with E-state index in [1.54, 1.807) is 32.4 Å². The number of ether oxygens (including phenoxy) is 2. The Morgan fingerprint density at radius 1 is 1.21 bits per heavy atom. The molecule has 0 saturated carbocycles. The fraction of sp³-hybridized carbons (Fsp3) is 0.286. The molecule has 0 aliphatic carbocycles. The minimum Gasteiger partial charge on any atom is -0.493 e. The van der Waals surface area contributed by atoms with Crippen LogP contribution in [0.25, 0.3) is 0 Å². The molecular weight excluding hydrogens is 246 g/mol. The maximum Gasteiger partial charge on any atom is 0.162 e. The van der Waals surface area contributed by atoms with E-state index in [1.165, 1.54) is 6.26 Å². The van der Waals surface area contributed by atoms with Crippen molar-refractivity contribution in [2.45, 2.75) is 6.10 Å². The summed E-state index contributed by atoms with van der Waals surface area (Å²) < 4.78 is 15.5. The van der Waals surface area contributed by atoms with Gasteiger partial charge in [0.1, 0.15) is 11.9 Å². The first-order chi connectivity index (χ1) is 9.24. The number of furan rings is 1. The van der Waals surface area contributed by atoms with E-state index in [9.17, 15) is 5.11 Å². The molecule has 2 aromatic rings. The van der Waals surface area contributed by atoms with E-state index < -0.39 is 6.10 Å². The van der Waals surface area contributed by atoms with Crippen molar-refractivity contribution in [2.75, 3.05) is 26.1 Å². The molecule has 0 aliphatic heterocycles. The quantitative estimate of drug-likeness (QED) is 0.838. The van der Waals surface area contributed by atoms with Gasteiger partial charge in [-0.3, -0.25) is 0 Å². The fourth-order valence-corrected chi connectivity index (χ4v) is 1.74. The van der Waals surface area contributed by atoms with E-state index in [2.05, 4.69) is 5.32 Å². The first-order valence-corrected chi connectivity index (χ1v) is 5.92. The van der Waals surface area contributed by atoms with Gasteiger partial charge in [-0.05, 0) is 24.3 Å². The van der Waals surface area contributed by atoms with Crippen molar-refractivity contribution in [2.24, 2.45) is 0 Å². The molecule has 1 aromatic heterocycles. The molecule has 0 bridgehead atoms. The highest BCUT2D eigenvalue weighted by atomic mass is 16.5. The monoisotopic (exact) mass is 263 g/mol. The van der Waals surface area contributed by atoms with Gasteiger partial charge in [0, 0.05) is 18.3 Å². The zero-order valence-corrected chi connectivity index (χ0v) is 10.9. The lowest BCUT2D eigenvalue weighted by atomic mass is 10.2. The van der Waals surface area contributed by atoms with Crippen LogP contribution in [0, 0.1) is 0 Å². The van der Waals surface area contributed by atoms with Gasteiger partial charge in [-0.25, -0.2) is 0 Å². The SMILES string of the molecule is COc1ccc(NCC(O)c2ccco2)cc1OC. The van der Waals surface area contributed by atoms with Gasteiger partial charge < -0.3 is 24.3 Å². The van der Waals surface area contributed by atoms with Gasteiger partial charge in [0.25, 0.3) is 0 Å². The molecule has 1 atom stereocenters. The van der Waals surface area contributed by atoms with E-state index in [4.69, 9.17) is 13.9 Å². The van der Waals surface area contributed by atoms with Crippen LogP contribution >= 0.6 is 0 Å². The molecule has 0 fully saturated rings. The minimum atomic E-state index is -0.692.